The third-order valence-corrected chi connectivity index (χ3v) is 3.75. The number of carboxylic acid groups (broad SMARTS) is 1. The van der Waals surface area contributed by atoms with E-state index in [-0.39, 0.29) is 18.4 Å². The molecule has 0 bridgehead atoms. The molecule has 21 heavy (non-hydrogen) atoms. The Morgan fingerprint density at radius 2 is 2.00 bits per heavy atom. The van der Waals surface area contributed by atoms with E-state index in [0.29, 0.717) is 19.6 Å². The Bertz CT molecular complexity index is 492. The highest BCUT2D eigenvalue weighted by Crippen LogP contribution is 2.20. The predicted octanol–water partition coefficient (Wildman–Crippen LogP) is 1.02. The summed E-state index contributed by atoms with van der Waals surface area (Å²) in [7, 11) is 0. The number of amides is 2. The van der Waals surface area contributed by atoms with E-state index in [1.807, 2.05) is 30.3 Å². The van der Waals surface area contributed by atoms with Crippen LogP contribution < -0.4 is 11.1 Å². The number of nitrogens with two attached hydrogens (primary N) is 1. The van der Waals surface area contributed by atoms with Crippen LogP contribution in [0.25, 0.3) is 0 Å². The van der Waals surface area contributed by atoms with Gasteiger partial charge in [-0.15, -0.1) is 0 Å². The zero-order valence-electron chi connectivity index (χ0n) is 11.9. The summed E-state index contributed by atoms with van der Waals surface area (Å²) in [5.41, 5.74) is 6.50. The van der Waals surface area contributed by atoms with Crippen LogP contribution in [0.5, 0.6) is 0 Å². The van der Waals surface area contributed by atoms with Crippen molar-refractivity contribution >= 4 is 12.0 Å². The van der Waals surface area contributed by atoms with Crippen molar-refractivity contribution in [3.63, 3.8) is 0 Å². The van der Waals surface area contributed by atoms with Crippen molar-refractivity contribution in [2.45, 2.75) is 25.4 Å². The summed E-state index contributed by atoms with van der Waals surface area (Å²) in [5, 5.41) is 12.3. The van der Waals surface area contributed by atoms with Crippen molar-refractivity contribution in [1.82, 2.24) is 10.2 Å². The molecule has 2 atom stereocenters. The quantitative estimate of drug-likeness (QED) is 0.754. The van der Waals surface area contributed by atoms with Gasteiger partial charge in [0, 0.05) is 32.1 Å². The fraction of sp³-hybridized carbons (Fsp3) is 0.467. The molecule has 0 spiro atoms. The van der Waals surface area contributed by atoms with Crippen LogP contribution >= 0.6 is 0 Å². The van der Waals surface area contributed by atoms with E-state index in [1.165, 1.54) is 4.90 Å². The molecule has 114 valence electrons. The summed E-state index contributed by atoms with van der Waals surface area (Å²) in [6.45, 7) is 1.64. The van der Waals surface area contributed by atoms with Gasteiger partial charge in [-0.3, -0.25) is 4.79 Å². The minimum Gasteiger partial charge on any atom is -0.481 e. The zero-order chi connectivity index (χ0) is 15.2. The third kappa shape index (κ3) is 4.75. The standard InChI is InChI=1S/C15H21N3O3/c16-15(21)18-9-12(7-14(19)20)6-13(10-18)17-8-11-4-2-1-3-5-11/h1-5,12-13,17H,6-10H2,(H2,16,21)(H,19,20). The lowest BCUT2D eigenvalue weighted by Crippen LogP contribution is -2.52. The highest BCUT2D eigenvalue weighted by atomic mass is 16.4. The van der Waals surface area contributed by atoms with Crippen molar-refractivity contribution in [2.75, 3.05) is 13.1 Å². The molecule has 1 aromatic rings. The maximum Gasteiger partial charge on any atom is 0.314 e. The highest BCUT2D eigenvalue weighted by molar-refractivity contribution is 5.72. The maximum absolute atomic E-state index is 11.4. The molecule has 0 saturated carbocycles. The van der Waals surface area contributed by atoms with Crippen molar-refractivity contribution in [2.24, 2.45) is 11.7 Å². The number of hydrogen-bond acceptors (Lipinski definition) is 3. The molecule has 6 nitrogen and oxygen atoms in total. The monoisotopic (exact) mass is 291 g/mol. The molecular formula is C15H21N3O3. The number of nitrogens with one attached hydrogen (secondary N) is 1. The number of carboxylic acids is 1. The minimum absolute atomic E-state index is 0.0583. The Kier molecular flexibility index (Phi) is 5.16. The van der Waals surface area contributed by atoms with Gasteiger partial charge in [-0.25, -0.2) is 4.79 Å². The smallest absolute Gasteiger partial charge is 0.314 e. The first-order valence-corrected chi connectivity index (χ1v) is 7.08. The summed E-state index contributed by atoms with van der Waals surface area (Å²) in [6.07, 6.45) is 0.802. The van der Waals surface area contributed by atoms with Crippen molar-refractivity contribution in [3.8, 4) is 0 Å². The largest absolute Gasteiger partial charge is 0.481 e. The number of aliphatic carboxylic acids is 1. The average Bonchev–Trinajstić information content (AvgIpc) is 2.45. The number of benzene rings is 1. The van der Waals surface area contributed by atoms with E-state index in [0.717, 1.165) is 12.0 Å². The molecule has 6 heteroatoms. The lowest BCUT2D eigenvalue weighted by atomic mass is 9.91. The van der Waals surface area contributed by atoms with Crippen LogP contribution in [0.3, 0.4) is 0 Å². The summed E-state index contributed by atoms with van der Waals surface area (Å²) < 4.78 is 0. The van der Waals surface area contributed by atoms with Crippen molar-refractivity contribution in [3.05, 3.63) is 35.9 Å². The van der Waals surface area contributed by atoms with Crippen molar-refractivity contribution < 1.29 is 14.7 Å². The predicted molar refractivity (Wildman–Crippen MR) is 78.6 cm³/mol. The fourth-order valence-electron chi connectivity index (χ4n) is 2.78. The van der Waals surface area contributed by atoms with Gasteiger partial charge in [0.1, 0.15) is 0 Å². The van der Waals surface area contributed by atoms with E-state index >= 15 is 0 Å². The van der Waals surface area contributed by atoms with Gasteiger partial charge in [-0.1, -0.05) is 30.3 Å². The Labute approximate surface area is 123 Å². The second kappa shape index (κ2) is 7.08. The lowest BCUT2D eigenvalue weighted by Gasteiger charge is -2.37. The molecule has 2 rings (SSSR count). The Balaban J connectivity index is 1.93. The normalized spacial score (nSPS) is 22.0. The molecule has 1 aromatic carbocycles. The summed E-state index contributed by atoms with van der Waals surface area (Å²) in [4.78, 5) is 23.8. The number of likely N-dealkylation sites (tertiary alicyclic amines) is 1. The zero-order valence-corrected chi connectivity index (χ0v) is 11.9. The van der Waals surface area contributed by atoms with Crippen LogP contribution in [0.2, 0.25) is 0 Å². The molecule has 0 aliphatic carbocycles. The first kappa shape index (κ1) is 15.3. The number of piperidine rings is 1. The molecule has 1 fully saturated rings. The molecule has 2 unspecified atom stereocenters. The van der Waals surface area contributed by atoms with Crippen LogP contribution in [-0.4, -0.2) is 41.1 Å². The summed E-state index contributed by atoms with van der Waals surface area (Å²) in [6, 6.07) is 9.53. The molecule has 1 heterocycles. The number of carbonyl (C=O) groups excluding carboxylic acids is 1. The van der Waals surface area contributed by atoms with Crippen molar-refractivity contribution in [1.29, 1.82) is 0 Å². The third-order valence-electron chi connectivity index (χ3n) is 3.75. The number of carbonyl (C=O) groups is 2. The minimum atomic E-state index is -0.840. The molecule has 4 N–H and O–H groups in total. The highest BCUT2D eigenvalue weighted by Gasteiger charge is 2.30. The fourth-order valence-corrected chi connectivity index (χ4v) is 2.78. The lowest BCUT2D eigenvalue weighted by molar-refractivity contribution is -0.138. The maximum atomic E-state index is 11.4. The van der Waals surface area contributed by atoms with Gasteiger partial charge in [0.05, 0.1) is 0 Å². The van der Waals surface area contributed by atoms with Gasteiger partial charge < -0.3 is 21.1 Å². The van der Waals surface area contributed by atoms with Gasteiger partial charge in [-0.2, -0.15) is 0 Å². The van der Waals surface area contributed by atoms with E-state index in [9.17, 15) is 9.59 Å². The summed E-state index contributed by atoms with van der Waals surface area (Å²) >= 11 is 0. The van der Waals surface area contributed by atoms with E-state index in [2.05, 4.69) is 5.32 Å². The summed E-state index contributed by atoms with van der Waals surface area (Å²) in [5.74, 6) is -0.898. The van der Waals surface area contributed by atoms with Crippen LogP contribution in [0.15, 0.2) is 30.3 Å². The second-order valence-corrected chi connectivity index (χ2v) is 5.51. The van der Waals surface area contributed by atoms with Crippen LogP contribution in [-0.2, 0) is 11.3 Å². The molecule has 2 amide bonds. The Hall–Kier alpha value is -2.08. The Morgan fingerprint density at radius 1 is 1.29 bits per heavy atom. The second-order valence-electron chi connectivity index (χ2n) is 5.51. The van der Waals surface area contributed by atoms with Gasteiger partial charge in [0.25, 0.3) is 0 Å². The van der Waals surface area contributed by atoms with Crippen LogP contribution in [0, 0.1) is 5.92 Å². The molecule has 1 saturated heterocycles. The number of hydrogen-bond donors (Lipinski definition) is 3. The number of nitrogens with zero attached hydrogens (tertiary/aromatic N) is 1. The van der Waals surface area contributed by atoms with Gasteiger partial charge >= 0.3 is 12.0 Å². The molecule has 1 aliphatic heterocycles. The van der Waals surface area contributed by atoms with Crippen LogP contribution in [0.4, 0.5) is 4.79 Å². The number of urea groups is 1. The topological polar surface area (TPSA) is 95.7 Å². The first-order valence-electron chi connectivity index (χ1n) is 7.08. The Morgan fingerprint density at radius 3 is 2.62 bits per heavy atom. The molecule has 1 aliphatic rings. The molecule has 0 aromatic heterocycles. The SMILES string of the molecule is NC(=O)N1CC(CC(=O)O)CC(NCc2ccccc2)C1. The van der Waals surface area contributed by atoms with Crippen LogP contribution in [0.1, 0.15) is 18.4 Å². The molecule has 0 radical (unpaired) electrons. The van der Waals surface area contributed by atoms with Gasteiger partial charge in [-0.05, 0) is 17.9 Å². The average molecular weight is 291 g/mol. The van der Waals surface area contributed by atoms with Gasteiger partial charge in [0.15, 0.2) is 0 Å². The number of rotatable bonds is 5. The van der Waals surface area contributed by atoms with E-state index in [4.69, 9.17) is 10.8 Å². The van der Waals surface area contributed by atoms with E-state index < -0.39 is 12.0 Å². The first-order chi connectivity index (χ1) is 10.0. The van der Waals surface area contributed by atoms with Gasteiger partial charge in [0.2, 0.25) is 0 Å². The number of primary amides is 1. The van der Waals surface area contributed by atoms with E-state index in [1.54, 1.807) is 0 Å². The molecular weight excluding hydrogens is 270 g/mol.